The van der Waals surface area contributed by atoms with Crippen molar-refractivity contribution in [1.29, 1.82) is 0 Å². The molecule has 12 N–H and O–H groups in total. The summed E-state index contributed by atoms with van der Waals surface area (Å²) in [4.78, 5) is 13.4. The number of unbranched alkanes of at least 4 members (excludes halogenated alkanes) is 40. The van der Waals surface area contributed by atoms with E-state index in [9.17, 15) is 61.0 Å². The standard InChI is InChI=1S/C72H135NO18/c1-3-5-7-9-11-13-15-17-18-19-20-21-22-23-24-25-26-27-28-29-30-31-32-33-34-35-36-37-38-40-42-44-46-48-50-60(78)73-55(56(77)49-47-45-43-41-39-16-14-12-10-8-6-4-2)54-86-70-66(84)63(81)68(58(52-75)88-70)91-72-67(85)64(82)69(59(53-76)89-72)90-71-65(83)62(80)61(79)57(51-74)87-71/h39,41,47,49,55-59,61-72,74-77,79-85H,3-38,40,42-46,48,50-54H2,1-2H3,(H,73,78)/b41-39+,49-47+. The molecule has 3 aliphatic heterocycles. The minimum atomic E-state index is -1.98. The van der Waals surface area contributed by atoms with Crippen LogP contribution in [0.3, 0.4) is 0 Å². The second-order valence-corrected chi connectivity index (χ2v) is 26.8. The Bertz CT molecular complexity index is 1750. The lowest BCUT2D eigenvalue weighted by Crippen LogP contribution is -2.66. The summed E-state index contributed by atoms with van der Waals surface area (Å²) in [7, 11) is 0. The average molecular weight is 1300 g/mol. The second kappa shape index (κ2) is 54.3. The Balaban J connectivity index is 1.32. The third-order valence-corrected chi connectivity index (χ3v) is 18.8. The third kappa shape index (κ3) is 35.9. The summed E-state index contributed by atoms with van der Waals surface area (Å²) < 4.78 is 34.3. The lowest BCUT2D eigenvalue weighted by atomic mass is 9.96. The Labute approximate surface area is 549 Å². The lowest BCUT2D eigenvalue weighted by Gasteiger charge is -2.48. The molecule has 0 aromatic heterocycles. The minimum absolute atomic E-state index is 0.240. The number of hydrogen-bond donors (Lipinski definition) is 12. The van der Waals surface area contributed by atoms with E-state index in [1.165, 1.54) is 225 Å². The van der Waals surface area contributed by atoms with Crippen LogP contribution in [0.15, 0.2) is 24.3 Å². The summed E-state index contributed by atoms with van der Waals surface area (Å²) in [5, 5.41) is 120. The molecule has 536 valence electrons. The van der Waals surface area contributed by atoms with Crippen LogP contribution in [0.1, 0.15) is 296 Å². The Morgan fingerprint density at radius 1 is 0.385 bits per heavy atom. The van der Waals surface area contributed by atoms with Crippen LogP contribution in [0.25, 0.3) is 0 Å². The molecule has 0 radical (unpaired) electrons. The van der Waals surface area contributed by atoms with E-state index < -0.39 is 124 Å². The highest BCUT2D eigenvalue weighted by atomic mass is 16.8. The number of rotatable bonds is 58. The van der Waals surface area contributed by atoms with Gasteiger partial charge in [0.2, 0.25) is 5.91 Å². The maximum Gasteiger partial charge on any atom is 0.220 e. The Kier molecular flexibility index (Phi) is 49.8. The SMILES string of the molecule is CCCCCCCC/C=C/CC/C=C/C(O)C(COC1OC(CO)C(OC2OC(CO)C(OC3OC(CO)C(O)C(O)C3O)C(O)C2O)C(O)C1O)NC(=O)CCCCCCCCCCCCCCCCCCCCCCCCCCCCCCCCCCCC. The number of allylic oxidation sites excluding steroid dienone is 3. The maximum atomic E-state index is 13.4. The van der Waals surface area contributed by atoms with E-state index in [-0.39, 0.29) is 18.9 Å². The fourth-order valence-corrected chi connectivity index (χ4v) is 12.7. The highest BCUT2D eigenvalue weighted by Gasteiger charge is 2.53. The molecule has 3 rings (SSSR count). The highest BCUT2D eigenvalue weighted by molar-refractivity contribution is 5.76. The van der Waals surface area contributed by atoms with Crippen molar-refractivity contribution in [2.45, 2.75) is 401 Å². The molecule has 0 spiro atoms. The van der Waals surface area contributed by atoms with Gasteiger partial charge in [0.05, 0.1) is 38.6 Å². The predicted octanol–water partition coefficient (Wildman–Crippen LogP) is 10.6. The van der Waals surface area contributed by atoms with E-state index in [1.807, 2.05) is 6.08 Å². The molecule has 17 atom stereocenters. The average Bonchev–Trinajstić information content (AvgIpc) is 0.872. The van der Waals surface area contributed by atoms with Crippen LogP contribution in [0.4, 0.5) is 0 Å². The molecule has 3 heterocycles. The summed E-state index contributed by atoms with van der Waals surface area (Å²) in [6.45, 7) is 1.72. The second-order valence-electron chi connectivity index (χ2n) is 26.8. The van der Waals surface area contributed by atoms with Crippen LogP contribution in [0.2, 0.25) is 0 Å². The molecule has 17 unspecified atom stereocenters. The first-order valence-corrected chi connectivity index (χ1v) is 37.1. The zero-order valence-corrected chi connectivity index (χ0v) is 56.8. The summed E-state index contributed by atoms with van der Waals surface area (Å²) in [6, 6.07) is -0.986. The van der Waals surface area contributed by atoms with E-state index in [0.29, 0.717) is 12.8 Å². The summed E-state index contributed by atoms with van der Waals surface area (Å²) in [6.07, 6.45) is 36.4. The number of aliphatic hydroxyl groups is 11. The molecule has 19 heteroatoms. The third-order valence-electron chi connectivity index (χ3n) is 18.8. The number of aliphatic hydroxyl groups excluding tert-OH is 11. The molecular weight excluding hydrogens is 1170 g/mol. The van der Waals surface area contributed by atoms with Gasteiger partial charge in [0, 0.05) is 6.42 Å². The molecular formula is C72H135NO18. The van der Waals surface area contributed by atoms with Crippen molar-refractivity contribution in [3.8, 4) is 0 Å². The first-order valence-electron chi connectivity index (χ1n) is 37.1. The van der Waals surface area contributed by atoms with Gasteiger partial charge in [0.25, 0.3) is 0 Å². The van der Waals surface area contributed by atoms with Crippen LogP contribution in [-0.4, -0.2) is 193 Å². The number of nitrogens with one attached hydrogen (secondary N) is 1. The van der Waals surface area contributed by atoms with E-state index in [4.69, 9.17) is 28.4 Å². The summed E-state index contributed by atoms with van der Waals surface area (Å²) >= 11 is 0. The van der Waals surface area contributed by atoms with Crippen molar-refractivity contribution in [2.24, 2.45) is 0 Å². The van der Waals surface area contributed by atoms with Gasteiger partial charge in [-0.05, 0) is 32.1 Å². The van der Waals surface area contributed by atoms with Crippen LogP contribution < -0.4 is 5.32 Å². The number of hydrogen-bond acceptors (Lipinski definition) is 18. The van der Waals surface area contributed by atoms with Crippen molar-refractivity contribution in [2.75, 3.05) is 26.4 Å². The van der Waals surface area contributed by atoms with Crippen molar-refractivity contribution in [1.82, 2.24) is 5.32 Å². The monoisotopic (exact) mass is 1300 g/mol. The van der Waals surface area contributed by atoms with Gasteiger partial charge in [-0.3, -0.25) is 4.79 Å². The number of amides is 1. The molecule has 1 amide bonds. The topological polar surface area (TPSA) is 307 Å². The largest absolute Gasteiger partial charge is 0.394 e. The number of carbonyl (C=O) groups is 1. The normalized spacial score (nSPS) is 27.9. The van der Waals surface area contributed by atoms with Gasteiger partial charge in [-0.1, -0.05) is 282 Å². The van der Waals surface area contributed by atoms with E-state index in [1.54, 1.807) is 6.08 Å². The molecule has 3 fully saturated rings. The van der Waals surface area contributed by atoms with Crippen molar-refractivity contribution in [3.05, 3.63) is 24.3 Å². The summed E-state index contributed by atoms with van der Waals surface area (Å²) in [5.41, 5.74) is 0. The van der Waals surface area contributed by atoms with Gasteiger partial charge in [0.1, 0.15) is 73.2 Å². The molecule has 91 heavy (non-hydrogen) atoms. The molecule has 19 nitrogen and oxygen atoms in total. The number of carbonyl (C=O) groups excluding carboxylic acids is 1. The van der Waals surface area contributed by atoms with E-state index in [2.05, 4.69) is 31.3 Å². The quantitative estimate of drug-likeness (QED) is 0.0199. The van der Waals surface area contributed by atoms with Gasteiger partial charge in [-0.15, -0.1) is 0 Å². The molecule has 0 aromatic rings. The zero-order valence-electron chi connectivity index (χ0n) is 56.8. The first kappa shape index (κ1) is 83.5. The van der Waals surface area contributed by atoms with Gasteiger partial charge in [-0.2, -0.15) is 0 Å². The molecule has 0 bridgehead atoms. The van der Waals surface area contributed by atoms with Gasteiger partial charge < -0.3 is 89.9 Å². The Morgan fingerprint density at radius 2 is 0.703 bits per heavy atom. The van der Waals surface area contributed by atoms with E-state index in [0.717, 1.165) is 38.5 Å². The van der Waals surface area contributed by atoms with Crippen LogP contribution in [-0.2, 0) is 33.2 Å². The van der Waals surface area contributed by atoms with Crippen molar-refractivity contribution >= 4 is 5.91 Å². The Morgan fingerprint density at radius 3 is 1.10 bits per heavy atom. The van der Waals surface area contributed by atoms with Crippen LogP contribution in [0, 0.1) is 0 Å². The molecule has 3 aliphatic rings. The van der Waals surface area contributed by atoms with Gasteiger partial charge in [0.15, 0.2) is 18.9 Å². The van der Waals surface area contributed by atoms with Crippen molar-refractivity contribution < 1.29 is 89.4 Å². The maximum absolute atomic E-state index is 13.4. The molecule has 3 saturated heterocycles. The fraction of sp³-hybridized carbons (Fsp3) is 0.931. The van der Waals surface area contributed by atoms with Gasteiger partial charge in [-0.25, -0.2) is 0 Å². The molecule has 0 aromatic carbocycles. The predicted molar refractivity (Wildman–Crippen MR) is 356 cm³/mol. The molecule has 0 saturated carbocycles. The van der Waals surface area contributed by atoms with Crippen molar-refractivity contribution in [3.63, 3.8) is 0 Å². The van der Waals surface area contributed by atoms with Crippen LogP contribution >= 0.6 is 0 Å². The first-order chi connectivity index (χ1) is 44.3. The smallest absolute Gasteiger partial charge is 0.220 e. The van der Waals surface area contributed by atoms with E-state index >= 15 is 0 Å². The Hall–Kier alpha value is -1.73. The van der Waals surface area contributed by atoms with Gasteiger partial charge >= 0.3 is 0 Å². The highest BCUT2D eigenvalue weighted by Crippen LogP contribution is 2.33. The number of ether oxygens (including phenoxy) is 6. The zero-order chi connectivity index (χ0) is 66.1. The molecule has 0 aliphatic carbocycles. The minimum Gasteiger partial charge on any atom is -0.394 e. The fourth-order valence-electron chi connectivity index (χ4n) is 12.7. The van der Waals surface area contributed by atoms with Crippen LogP contribution in [0.5, 0.6) is 0 Å². The lowest BCUT2D eigenvalue weighted by molar-refractivity contribution is -0.379. The summed E-state index contributed by atoms with van der Waals surface area (Å²) in [5.74, 6) is -0.281.